The van der Waals surface area contributed by atoms with Crippen LogP contribution in [0.3, 0.4) is 0 Å². The number of nitrogens with zero attached hydrogens (tertiary/aromatic N) is 3. The van der Waals surface area contributed by atoms with Crippen LogP contribution in [0.15, 0.2) is 18.2 Å². The van der Waals surface area contributed by atoms with E-state index in [4.69, 9.17) is 0 Å². The summed E-state index contributed by atoms with van der Waals surface area (Å²) in [5.74, 6) is -1.14. The van der Waals surface area contributed by atoms with Crippen molar-refractivity contribution in [2.24, 2.45) is 5.41 Å². The van der Waals surface area contributed by atoms with E-state index in [1.807, 2.05) is 20.8 Å². The van der Waals surface area contributed by atoms with Gasteiger partial charge in [0, 0.05) is 17.5 Å². The Morgan fingerprint density at radius 2 is 1.76 bits per heavy atom. The van der Waals surface area contributed by atoms with E-state index in [1.54, 1.807) is 6.07 Å². The molecular weight excluding hydrogens is 349 g/mol. The van der Waals surface area contributed by atoms with Crippen LogP contribution < -0.4 is 56.5 Å². The number of carbonyl (C=O) groups is 1. The largest absolute Gasteiger partial charge is 1.00 e. The van der Waals surface area contributed by atoms with E-state index >= 15 is 0 Å². The zero-order valence-electron chi connectivity index (χ0n) is 14.6. The van der Waals surface area contributed by atoms with Crippen molar-refractivity contribution in [3.8, 4) is 0 Å². The standard InChI is InChI=1S/C17H17N3O4.K/c1-15(2)16(3)6-7-17(15,14(21)22)13-12(16)18-10-5-4-9(20(23)24)8-11(10)19-13;/h4-5,8H,6-7H2,1-3H3,(H,21,22);/q;+1/p-1. The van der Waals surface area contributed by atoms with Gasteiger partial charge in [0.1, 0.15) is 0 Å². The number of non-ortho nitro benzene ring substituents is 1. The van der Waals surface area contributed by atoms with Crippen molar-refractivity contribution in [3.63, 3.8) is 0 Å². The molecule has 0 aliphatic heterocycles. The number of rotatable bonds is 2. The van der Waals surface area contributed by atoms with Crippen molar-refractivity contribution in [2.45, 2.75) is 44.4 Å². The third-order valence-electron chi connectivity index (χ3n) is 6.58. The molecule has 8 heteroatoms. The molecule has 0 spiro atoms. The Morgan fingerprint density at radius 3 is 2.36 bits per heavy atom. The number of carbonyl (C=O) groups excluding carboxylic acids is 1. The zero-order chi connectivity index (χ0) is 17.5. The van der Waals surface area contributed by atoms with Crippen LogP contribution in [0.1, 0.15) is 45.0 Å². The van der Waals surface area contributed by atoms with Crippen molar-refractivity contribution in [1.29, 1.82) is 0 Å². The molecule has 25 heavy (non-hydrogen) atoms. The molecule has 2 unspecified atom stereocenters. The third-order valence-corrected chi connectivity index (χ3v) is 6.58. The molecule has 1 heterocycles. The fourth-order valence-electron chi connectivity index (χ4n) is 4.65. The molecule has 2 aliphatic rings. The molecule has 0 N–H and O–H groups in total. The molecule has 0 amide bonds. The minimum Gasteiger partial charge on any atom is -0.549 e. The zero-order valence-corrected chi connectivity index (χ0v) is 17.7. The Bertz CT molecular complexity index is 945. The summed E-state index contributed by atoms with van der Waals surface area (Å²) in [6.07, 6.45) is 1.15. The molecule has 1 saturated carbocycles. The van der Waals surface area contributed by atoms with Gasteiger partial charge in [-0.1, -0.05) is 20.8 Å². The minimum atomic E-state index is -1.21. The van der Waals surface area contributed by atoms with Gasteiger partial charge in [-0.3, -0.25) is 10.1 Å². The molecule has 1 fully saturated rings. The number of benzene rings is 1. The van der Waals surface area contributed by atoms with Gasteiger partial charge >= 0.3 is 51.4 Å². The number of nitro groups is 1. The van der Waals surface area contributed by atoms with E-state index in [2.05, 4.69) is 9.97 Å². The summed E-state index contributed by atoms with van der Waals surface area (Å²) in [4.78, 5) is 31.8. The van der Waals surface area contributed by atoms with Crippen LogP contribution in [0, 0.1) is 15.5 Å². The first-order valence-electron chi connectivity index (χ1n) is 7.84. The predicted molar refractivity (Wildman–Crippen MR) is 83.2 cm³/mol. The second-order valence-electron chi connectivity index (χ2n) is 7.50. The summed E-state index contributed by atoms with van der Waals surface area (Å²) >= 11 is 0. The summed E-state index contributed by atoms with van der Waals surface area (Å²) in [6.45, 7) is 5.87. The molecule has 2 bridgehead atoms. The molecular formula is C17H16KN3O4. The number of hydrogen-bond acceptors (Lipinski definition) is 6. The van der Waals surface area contributed by atoms with Crippen LogP contribution in [0.2, 0.25) is 0 Å². The van der Waals surface area contributed by atoms with Crippen molar-refractivity contribution >= 4 is 22.7 Å². The van der Waals surface area contributed by atoms with Crippen molar-refractivity contribution in [2.75, 3.05) is 0 Å². The quantitative estimate of drug-likeness (QED) is 0.369. The summed E-state index contributed by atoms with van der Waals surface area (Å²) in [5.41, 5.74) is -0.321. The summed E-state index contributed by atoms with van der Waals surface area (Å²) in [7, 11) is 0. The van der Waals surface area contributed by atoms with Crippen LogP contribution in [0.4, 0.5) is 5.69 Å². The second-order valence-corrected chi connectivity index (χ2v) is 7.50. The van der Waals surface area contributed by atoms with Gasteiger partial charge in [0.2, 0.25) is 0 Å². The molecule has 0 radical (unpaired) electrons. The smallest absolute Gasteiger partial charge is 0.549 e. The van der Waals surface area contributed by atoms with E-state index < -0.39 is 27.1 Å². The fourth-order valence-corrected chi connectivity index (χ4v) is 4.65. The minimum absolute atomic E-state index is 0. The summed E-state index contributed by atoms with van der Waals surface area (Å²) < 4.78 is 0. The molecule has 2 atom stereocenters. The first kappa shape index (κ1) is 18.8. The molecule has 4 rings (SSSR count). The number of nitro benzene ring substituents is 1. The van der Waals surface area contributed by atoms with Crippen molar-refractivity contribution < 1.29 is 66.2 Å². The molecule has 0 saturated heterocycles. The van der Waals surface area contributed by atoms with Crippen molar-refractivity contribution in [3.05, 3.63) is 39.7 Å². The summed E-state index contributed by atoms with van der Waals surface area (Å²) in [6, 6.07) is 4.29. The SMILES string of the molecule is CC12CCC(C(=O)[O-])(c3nc4cc([N+](=O)[O-])ccc4nc31)C2(C)C.[K+]. The number of fused-ring (bicyclic) bond motifs is 6. The van der Waals surface area contributed by atoms with E-state index in [9.17, 15) is 20.0 Å². The molecule has 2 aromatic rings. The van der Waals surface area contributed by atoms with Crippen LogP contribution in [0.5, 0.6) is 0 Å². The number of carboxylic acids is 1. The Labute approximate surface area is 186 Å². The molecule has 1 aromatic heterocycles. The Morgan fingerprint density at radius 1 is 1.12 bits per heavy atom. The molecule has 7 nitrogen and oxygen atoms in total. The van der Waals surface area contributed by atoms with Gasteiger partial charge in [-0.25, -0.2) is 9.97 Å². The van der Waals surface area contributed by atoms with Gasteiger partial charge in [0.05, 0.1) is 38.7 Å². The maximum Gasteiger partial charge on any atom is 1.00 e. The van der Waals surface area contributed by atoms with Crippen LogP contribution in [0.25, 0.3) is 11.0 Å². The normalized spacial score (nSPS) is 28.4. The van der Waals surface area contributed by atoms with E-state index in [1.165, 1.54) is 12.1 Å². The van der Waals surface area contributed by atoms with Gasteiger partial charge < -0.3 is 9.90 Å². The van der Waals surface area contributed by atoms with Gasteiger partial charge in [-0.15, -0.1) is 0 Å². The Hall–Kier alpha value is -0.934. The average Bonchev–Trinajstić information content (AvgIpc) is 2.81. The molecule has 1 aromatic carbocycles. The number of aliphatic carboxylic acids is 1. The third kappa shape index (κ3) is 2.03. The maximum absolute atomic E-state index is 12.1. The van der Waals surface area contributed by atoms with Gasteiger partial charge in [0.25, 0.3) is 5.69 Å². The van der Waals surface area contributed by atoms with Gasteiger partial charge in [-0.2, -0.15) is 0 Å². The monoisotopic (exact) mass is 365 g/mol. The van der Waals surface area contributed by atoms with Gasteiger partial charge in [-0.05, 0) is 24.3 Å². The van der Waals surface area contributed by atoms with Crippen LogP contribution in [-0.2, 0) is 15.6 Å². The van der Waals surface area contributed by atoms with Crippen LogP contribution >= 0.6 is 0 Å². The van der Waals surface area contributed by atoms with E-state index in [-0.39, 0.29) is 57.1 Å². The van der Waals surface area contributed by atoms with Crippen LogP contribution in [-0.4, -0.2) is 20.9 Å². The van der Waals surface area contributed by atoms with E-state index in [0.717, 1.165) is 0 Å². The number of carboxylic acid groups (broad SMARTS) is 1. The first-order valence-corrected chi connectivity index (χ1v) is 7.84. The Kier molecular flexibility index (Phi) is 4.17. The number of hydrogen-bond donors (Lipinski definition) is 0. The van der Waals surface area contributed by atoms with Gasteiger partial charge in [0.15, 0.2) is 0 Å². The molecule has 124 valence electrons. The Balaban J connectivity index is 0.00000182. The first-order chi connectivity index (χ1) is 11.1. The van der Waals surface area contributed by atoms with Crippen molar-refractivity contribution in [1.82, 2.24) is 9.97 Å². The maximum atomic E-state index is 12.1. The second kappa shape index (κ2) is 5.53. The number of aromatic nitrogens is 2. The van der Waals surface area contributed by atoms with E-state index in [0.29, 0.717) is 35.3 Å². The fraction of sp³-hybridized carbons (Fsp3) is 0.471. The predicted octanol–water partition coefficient (Wildman–Crippen LogP) is -1.38. The molecule has 2 aliphatic carbocycles. The topological polar surface area (TPSA) is 109 Å². The summed E-state index contributed by atoms with van der Waals surface area (Å²) in [5, 5.41) is 23.1. The average molecular weight is 365 g/mol.